The van der Waals surface area contributed by atoms with Gasteiger partial charge in [0.2, 0.25) is 0 Å². The minimum Gasteiger partial charge on any atom is -0.396 e. The summed E-state index contributed by atoms with van der Waals surface area (Å²) in [6, 6.07) is 0.641. The second-order valence-electron chi connectivity index (χ2n) is 8.94. The Labute approximate surface area is 132 Å². The zero-order chi connectivity index (χ0) is 16.3. The van der Waals surface area contributed by atoms with Gasteiger partial charge in [0.25, 0.3) is 0 Å². The van der Waals surface area contributed by atoms with Gasteiger partial charge in [-0.05, 0) is 30.2 Å². The van der Waals surface area contributed by atoms with E-state index >= 15 is 0 Å². The van der Waals surface area contributed by atoms with Crippen molar-refractivity contribution >= 4 is 0 Å². The Hall–Kier alpha value is -0.120. The van der Waals surface area contributed by atoms with Crippen molar-refractivity contribution in [3.8, 4) is 0 Å². The summed E-state index contributed by atoms with van der Waals surface area (Å²) in [6.45, 7) is 18.7. The fraction of sp³-hybridized carbons (Fsp3) is 1.00. The molecule has 1 N–H and O–H groups in total. The van der Waals surface area contributed by atoms with Crippen LogP contribution in [0.4, 0.5) is 0 Å². The second kappa shape index (κ2) is 7.43. The van der Waals surface area contributed by atoms with Crippen molar-refractivity contribution in [2.45, 2.75) is 73.5 Å². The Morgan fingerprint density at radius 2 is 1.81 bits per heavy atom. The lowest BCUT2D eigenvalue weighted by Gasteiger charge is -2.29. The Kier molecular flexibility index (Phi) is 6.70. The van der Waals surface area contributed by atoms with Crippen molar-refractivity contribution in [3.63, 3.8) is 0 Å². The van der Waals surface area contributed by atoms with Gasteiger partial charge in [0.05, 0.1) is 12.7 Å². The summed E-state index contributed by atoms with van der Waals surface area (Å²) in [4.78, 5) is 2.56. The third kappa shape index (κ3) is 6.25. The van der Waals surface area contributed by atoms with Gasteiger partial charge >= 0.3 is 0 Å². The normalized spacial score (nSPS) is 26.3. The molecule has 0 saturated carbocycles. The molecule has 0 bridgehead atoms. The summed E-state index contributed by atoms with van der Waals surface area (Å²) in [5.74, 6) is 0.217. The van der Waals surface area contributed by atoms with Crippen LogP contribution in [0.2, 0.25) is 0 Å². The maximum atomic E-state index is 9.55. The SMILES string of the molecule is CCN1CC(OCC(CO)C(C)(C)C)CC1CC(C)(C)C. The van der Waals surface area contributed by atoms with Gasteiger partial charge in [-0.15, -0.1) is 0 Å². The first-order valence-corrected chi connectivity index (χ1v) is 8.53. The molecular formula is C18H37NO2. The van der Waals surface area contributed by atoms with E-state index in [0.29, 0.717) is 24.2 Å². The summed E-state index contributed by atoms with van der Waals surface area (Å²) >= 11 is 0. The Morgan fingerprint density at radius 1 is 1.19 bits per heavy atom. The van der Waals surface area contributed by atoms with Gasteiger partial charge in [0.1, 0.15) is 0 Å². The molecular weight excluding hydrogens is 262 g/mol. The van der Waals surface area contributed by atoms with Crippen LogP contribution in [-0.4, -0.2) is 48.5 Å². The quantitative estimate of drug-likeness (QED) is 0.814. The Bertz CT molecular complexity index is 303. The highest BCUT2D eigenvalue weighted by molar-refractivity contribution is 4.88. The molecule has 0 aliphatic carbocycles. The molecule has 0 aromatic rings. The highest BCUT2D eigenvalue weighted by Gasteiger charge is 2.35. The fourth-order valence-electron chi connectivity index (χ4n) is 3.19. The van der Waals surface area contributed by atoms with Gasteiger partial charge in [0, 0.05) is 25.1 Å². The van der Waals surface area contributed by atoms with Crippen LogP contribution in [0.3, 0.4) is 0 Å². The molecule has 3 atom stereocenters. The van der Waals surface area contributed by atoms with E-state index in [-0.39, 0.29) is 17.9 Å². The van der Waals surface area contributed by atoms with Gasteiger partial charge in [-0.25, -0.2) is 0 Å². The lowest BCUT2D eigenvalue weighted by Crippen LogP contribution is -2.33. The smallest absolute Gasteiger partial charge is 0.0717 e. The number of hydrogen-bond donors (Lipinski definition) is 1. The van der Waals surface area contributed by atoms with E-state index in [0.717, 1.165) is 19.5 Å². The van der Waals surface area contributed by atoms with Crippen molar-refractivity contribution in [1.29, 1.82) is 0 Å². The van der Waals surface area contributed by atoms with Gasteiger partial charge < -0.3 is 9.84 Å². The number of aliphatic hydroxyl groups excluding tert-OH is 1. The van der Waals surface area contributed by atoms with E-state index in [9.17, 15) is 5.11 Å². The minimum atomic E-state index is 0.0998. The molecule has 1 fully saturated rings. The molecule has 1 rings (SSSR count). The van der Waals surface area contributed by atoms with Gasteiger partial charge in [-0.1, -0.05) is 48.5 Å². The largest absolute Gasteiger partial charge is 0.396 e. The average Bonchev–Trinajstić information content (AvgIpc) is 2.68. The van der Waals surface area contributed by atoms with E-state index in [4.69, 9.17) is 4.74 Å². The third-order valence-corrected chi connectivity index (χ3v) is 4.72. The third-order valence-electron chi connectivity index (χ3n) is 4.72. The topological polar surface area (TPSA) is 32.7 Å². The monoisotopic (exact) mass is 299 g/mol. The van der Waals surface area contributed by atoms with Gasteiger partial charge in [-0.3, -0.25) is 4.90 Å². The van der Waals surface area contributed by atoms with Crippen LogP contribution in [0.15, 0.2) is 0 Å². The van der Waals surface area contributed by atoms with Gasteiger partial charge in [0.15, 0.2) is 0 Å². The lowest BCUT2D eigenvalue weighted by atomic mass is 9.82. The number of nitrogens with zero attached hydrogens (tertiary/aromatic N) is 1. The number of hydrogen-bond acceptors (Lipinski definition) is 3. The molecule has 0 aromatic heterocycles. The van der Waals surface area contributed by atoms with Gasteiger partial charge in [-0.2, -0.15) is 0 Å². The zero-order valence-electron chi connectivity index (χ0n) is 15.3. The minimum absolute atomic E-state index is 0.0998. The number of likely N-dealkylation sites (N-methyl/N-ethyl adjacent to an activating group) is 1. The predicted molar refractivity (Wildman–Crippen MR) is 89.5 cm³/mol. The summed E-state index contributed by atoms with van der Waals surface area (Å²) in [6.07, 6.45) is 2.69. The fourth-order valence-corrected chi connectivity index (χ4v) is 3.19. The van der Waals surface area contributed by atoms with Crippen LogP contribution in [0.5, 0.6) is 0 Å². The highest BCUT2D eigenvalue weighted by atomic mass is 16.5. The molecule has 0 radical (unpaired) electrons. The highest BCUT2D eigenvalue weighted by Crippen LogP contribution is 2.32. The maximum absolute atomic E-state index is 9.55. The van der Waals surface area contributed by atoms with Crippen molar-refractivity contribution in [1.82, 2.24) is 4.90 Å². The molecule has 1 heterocycles. The molecule has 3 heteroatoms. The number of ether oxygens (including phenoxy) is 1. The molecule has 3 unspecified atom stereocenters. The van der Waals surface area contributed by atoms with Crippen molar-refractivity contribution in [2.75, 3.05) is 26.3 Å². The molecule has 0 amide bonds. The van der Waals surface area contributed by atoms with Crippen LogP contribution < -0.4 is 0 Å². The molecule has 0 aromatic carbocycles. The average molecular weight is 299 g/mol. The molecule has 126 valence electrons. The summed E-state index contributed by atoms with van der Waals surface area (Å²) in [5.41, 5.74) is 0.467. The van der Waals surface area contributed by atoms with Crippen molar-refractivity contribution < 1.29 is 9.84 Å². The summed E-state index contributed by atoms with van der Waals surface area (Å²) < 4.78 is 6.16. The molecule has 3 nitrogen and oxygen atoms in total. The molecule has 21 heavy (non-hydrogen) atoms. The first-order chi connectivity index (χ1) is 9.56. The van der Waals surface area contributed by atoms with Crippen LogP contribution in [0.25, 0.3) is 0 Å². The number of aliphatic hydroxyl groups is 1. The first kappa shape index (κ1) is 18.9. The van der Waals surface area contributed by atoms with E-state index in [1.165, 1.54) is 6.42 Å². The maximum Gasteiger partial charge on any atom is 0.0717 e. The van der Waals surface area contributed by atoms with E-state index in [1.807, 2.05) is 0 Å². The number of rotatable bonds is 6. The second-order valence-corrected chi connectivity index (χ2v) is 8.94. The van der Waals surface area contributed by atoms with E-state index in [2.05, 4.69) is 53.4 Å². The summed E-state index contributed by atoms with van der Waals surface area (Å²) in [7, 11) is 0. The first-order valence-electron chi connectivity index (χ1n) is 8.53. The molecule has 0 spiro atoms. The predicted octanol–water partition coefficient (Wildman–Crippen LogP) is 3.56. The van der Waals surface area contributed by atoms with Crippen LogP contribution in [0, 0.1) is 16.7 Å². The van der Waals surface area contributed by atoms with Crippen molar-refractivity contribution in [3.05, 3.63) is 0 Å². The van der Waals surface area contributed by atoms with E-state index in [1.54, 1.807) is 0 Å². The van der Waals surface area contributed by atoms with Crippen LogP contribution in [-0.2, 0) is 4.74 Å². The van der Waals surface area contributed by atoms with Crippen LogP contribution >= 0.6 is 0 Å². The van der Waals surface area contributed by atoms with E-state index < -0.39 is 0 Å². The lowest BCUT2D eigenvalue weighted by molar-refractivity contribution is -0.0127. The summed E-state index contributed by atoms with van der Waals surface area (Å²) in [5, 5.41) is 9.55. The molecule has 1 saturated heterocycles. The molecule has 1 aliphatic heterocycles. The zero-order valence-corrected chi connectivity index (χ0v) is 15.3. The number of likely N-dealkylation sites (tertiary alicyclic amines) is 1. The Balaban J connectivity index is 2.51. The van der Waals surface area contributed by atoms with Crippen molar-refractivity contribution in [2.24, 2.45) is 16.7 Å². The standard InChI is InChI=1S/C18H37NO2/c1-8-19-11-16(9-15(19)10-17(2,3)4)21-13-14(12-20)18(5,6)7/h14-16,20H,8-13H2,1-7H3. The molecule has 1 aliphatic rings. The Morgan fingerprint density at radius 3 is 2.24 bits per heavy atom. The van der Waals surface area contributed by atoms with Crippen LogP contribution in [0.1, 0.15) is 61.3 Å².